The first-order valence-corrected chi connectivity index (χ1v) is 13.0. The molecule has 0 aromatic heterocycles. The highest BCUT2D eigenvalue weighted by molar-refractivity contribution is 6.26. The number of benzene rings is 2. The van der Waals surface area contributed by atoms with Crippen LogP contribution in [0.4, 0.5) is 0 Å². The fourth-order valence-corrected chi connectivity index (χ4v) is 6.20. The first-order valence-electron chi connectivity index (χ1n) is 12.6. The molecule has 1 unspecified atom stereocenters. The number of unbranched alkanes of at least 4 members (excludes halogenated alkanes) is 6. The van der Waals surface area contributed by atoms with Crippen LogP contribution in [0.15, 0.2) is 60.7 Å². The molecule has 0 bridgehead atoms. The van der Waals surface area contributed by atoms with Crippen LogP contribution in [-0.2, 0) is 4.87 Å². The topological polar surface area (TPSA) is 0 Å². The van der Waals surface area contributed by atoms with Crippen LogP contribution in [0, 0.1) is 10.8 Å². The summed E-state index contributed by atoms with van der Waals surface area (Å²) in [5, 5.41) is 0. The van der Waals surface area contributed by atoms with Crippen molar-refractivity contribution in [3.63, 3.8) is 0 Å². The first-order chi connectivity index (χ1) is 14.8. The molecule has 2 aromatic carbocycles. The van der Waals surface area contributed by atoms with Crippen molar-refractivity contribution in [2.45, 2.75) is 104 Å². The maximum Gasteiger partial charge on any atom is 0.100 e. The van der Waals surface area contributed by atoms with Crippen LogP contribution in [0.1, 0.15) is 110 Å². The predicted molar refractivity (Wildman–Crippen MR) is 139 cm³/mol. The summed E-state index contributed by atoms with van der Waals surface area (Å²) in [6, 6.07) is 21.8. The van der Waals surface area contributed by atoms with E-state index in [1.165, 1.54) is 62.5 Å². The summed E-state index contributed by atoms with van der Waals surface area (Å²) < 4.78 is 0. The fourth-order valence-electron chi connectivity index (χ4n) is 5.48. The van der Waals surface area contributed by atoms with Crippen molar-refractivity contribution in [2.75, 3.05) is 0 Å². The monoisotopic (exact) mass is 440 g/mol. The van der Waals surface area contributed by atoms with Crippen LogP contribution in [0.5, 0.6) is 0 Å². The average molecular weight is 441 g/mol. The molecule has 0 aliphatic rings. The molecule has 0 aliphatic carbocycles. The highest BCUT2D eigenvalue weighted by Gasteiger charge is 2.57. The van der Waals surface area contributed by atoms with Gasteiger partial charge in [0.1, 0.15) is 4.87 Å². The molecule has 0 saturated heterocycles. The lowest BCUT2D eigenvalue weighted by molar-refractivity contribution is 0.0200. The molecule has 0 saturated carbocycles. The summed E-state index contributed by atoms with van der Waals surface area (Å²) in [7, 11) is 0. The van der Waals surface area contributed by atoms with Gasteiger partial charge in [0.15, 0.2) is 0 Å². The van der Waals surface area contributed by atoms with Crippen molar-refractivity contribution in [3.05, 3.63) is 71.8 Å². The Hall–Kier alpha value is -1.27. The quantitative estimate of drug-likeness (QED) is 0.214. The second kappa shape index (κ2) is 12.1. The number of alkyl halides is 1. The van der Waals surface area contributed by atoms with Gasteiger partial charge in [-0.15, -0.1) is 11.6 Å². The zero-order valence-electron chi connectivity index (χ0n) is 20.7. The van der Waals surface area contributed by atoms with Gasteiger partial charge in [-0.3, -0.25) is 0 Å². The molecule has 0 spiro atoms. The van der Waals surface area contributed by atoms with Crippen molar-refractivity contribution in [2.24, 2.45) is 10.8 Å². The van der Waals surface area contributed by atoms with Crippen molar-refractivity contribution in [1.29, 1.82) is 0 Å². The molecule has 1 atom stereocenters. The summed E-state index contributed by atoms with van der Waals surface area (Å²) in [6.45, 7) is 11.9. The lowest BCUT2D eigenvalue weighted by atomic mass is 9.52. The molecule has 0 nitrogen and oxygen atoms in total. The third kappa shape index (κ3) is 5.95. The second-order valence-electron chi connectivity index (χ2n) is 10.3. The van der Waals surface area contributed by atoms with Gasteiger partial charge in [-0.25, -0.2) is 0 Å². The molecule has 0 aliphatic heterocycles. The van der Waals surface area contributed by atoms with Gasteiger partial charge in [0.25, 0.3) is 0 Å². The Balaban J connectivity index is 2.57. The van der Waals surface area contributed by atoms with E-state index in [0.717, 1.165) is 12.8 Å². The van der Waals surface area contributed by atoms with E-state index in [4.69, 9.17) is 11.6 Å². The molecular formula is C30H45Cl. The average Bonchev–Trinajstić information content (AvgIpc) is 2.78. The van der Waals surface area contributed by atoms with Crippen LogP contribution in [-0.4, -0.2) is 0 Å². The molecule has 172 valence electrons. The Morgan fingerprint density at radius 3 is 1.45 bits per heavy atom. The standard InChI is InChI=1S/C30H45Cl/c1-6-8-10-11-12-19-25-29(24-9-7-2,28(3,4)5)30(31,26-20-15-13-16-21-26)27-22-17-14-18-23-27/h13-18,20-23H,6-12,19,24-25H2,1-5H3. The summed E-state index contributed by atoms with van der Waals surface area (Å²) in [5.74, 6) is 0. The zero-order valence-corrected chi connectivity index (χ0v) is 21.5. The molecule has 0 radical (unpaired) electrons. The number of hydrogen-bond acceptors (Lipinski definition) is 0. The number of rotatable bonds is 13. The molecule has 2 rings (SSSR count). The molecule has 31 heavy (non-hydrogen) atoms. The lowest BCUT2D eigenvalue weighted by Gasteiger charge is -2.56. The molecular weight excluding hydrogens is 396 g/mol. The highest BCUT2D eigenvalue weighted by atomic mass is 35.5. The third-order valence-corrected chi connectivity index (χ3v) is 8.15. The van der Waals surface area contributed by atoms with Gasteiger partial charge in [0.05, 0.1) is 0 Å². The minimum atomic E-state index is -0.549. The van der Waals surface area contributed by atoms with Gasteiger partial charge in [-0.1, -0.05) is 147 Å². The smallest absolute Gasteiger partial charge is 0.100 e. The van der Waals surface area contributed by atoms with Crippen LogP contribution in [0.25, 0.3) is 0 Å². The SMILES string of the molecule is CCCCCCCCC(CCCC)(C(C)(C)C)C(Cl)(c1ccccc1)c1ccccc1. The summed E-state index contributed by atoms with van der Waals surface area (Å²) in [4.78, 5) is -0.549. The third-order valence-electron chi connectivity index (χ3n) is 7.35. The van der Waals surface area contributed by atoms with E-state index in [9.17, 15) is 0 Å². The van der Waals surface area contributed by atoms with Crippen molar-refractivity contribution in [3.8, 4) is 0 Å². The van der Waals surface area contributed by atoms with Crippen molar-refractivity contribution in [1.82, 2.24) is 0 Å². The lowest BCUT2D eigenvalue weighted by Crippen LogP contribution is -2.51. The number of halogens is 1. The Kier molecular flexibility index (Phi) is 10.1. The predicted octanol–water partition coefficient (Wildman–Crippen LogP) is 10.1. The number of hydrogen-bond donors (Lipinski definition) is 0. The van der Waals surface area contributed by atoms with Crippen LogP contribution < -0.4 is 0 Å². The Labute approximate surface area is 197 Å². The summed E-state index contributed by atoms with van der Waals surface area (Å²) in [5.41, 5.74) is 2.50. The minimum Gasteiger partial charge on any atom is -0.108 e. The Morgan fingerprint density at radius 1 is 0.581 bits per heavy atom. The normalized spacial score (nSPS) is 14.4. The molecule has 0 heterocycles. The van der Waals surface area contributed by atoms with Gasteiger partial charge in [-0.05, 0) is 29.4 Å². The molecule has 0 N–H and O–H groups in total. The van der Waals surface area contributed by atoms with Crippen molar-refractivity contribution < 1.29 is 0 Å². The van der Waals surface area contributed by atoms with Gasteiger partial charge in [-0.2, -0.15) is 0 Å². The molecule has 0 amide bonds. The maximum atomic E-state index is 8.00. The van der Waals surface area contributed by atoms with E-state index in [0.29, 0.717) is 0 Å². The second-order valence-corrected chi connectivity index (χ2v) is 10.9. The van der Waals surface area contributed by atoms with E-state index in [1.807, 2.05) is 0 Å². The largest absolute Gasteiger partial charge is 0.108 e. The van der Waals surface area contributed by atoms with Gasteiger partial charge in [0, 0.05) is 5.41 Å². The molecule has 2 aromatic rings. The zero-order chi connectivity index (χ0) is 22.8. The summed E-state index contributed by atoms with van der Waals surface area (Å²) in [6.07, 6.45) is 12.6. The molecule has 0 fully saturated rings. The van der Waals surface area contributed by atoms with Crippen LogP contribution in [0.3, 0.4) is 0 Å². The van der Waals surface area contributed by atoms with E-state index in [2.05, 4.69) is 95.3 Å². The Morgan fingerprint density at radius 2 is 1.00 bits per heavy atom. The van der Waals surface area contributed by atoms with Gasteiger partial charge in [0.2, 0.25) is 0 Å². The van der Waals surface area contributed by atoms with Gasteiger partial charge >= 0.3 is 0 Å². The van der Waals surface area contributed by atoms with E-state index >= 15 is 0 Å². The van der Waals surface area contributed by atoms with Gasteiger partial charge < -0.3 is 0 Å². The van der Waals surface area contributed by atoms with Crippen LogP contribution in [0.2, 0.25) is 0 Å². The fraction of sp³-hybridized carbons (Fsp3) is 0.600. The first kappa shape index (κ1) is 26.0. The summed E-state index contributed by atoms with van der Waals surface area (Å²) >= 11 is 8.00. The molecule has 1 heteroatoms. The van der Waals surface area contributed by atoms with E-state index in [1.54, 1.807) is 0 Å². The maximum absolute atomic E-state index is 8.00. The minimum absolute atomic E-state index is 0.0367. The highest BCUT2D eigenvalue weighted by Crippen LogP contribution is 2.63. The van der Waals surface area contributed by atoms with E-state index in [-0.39, 0.29) is 10.8 Å². The van der Waals surface area contributed by atoms with Crippen LogP contribution >= 0.6 is 11.6 Å². The van der Waals surface area contributed by atoms with E-state index < -0.39 is 4.87 Å². The van der Waals surface area contributed by atoms with Crippen molar-refractivity contribution >= 4 is 11.6 Å². The Bertz CT molecular complexity index is 689.